The number of nitrogens with two attached hydrogens (primary N) is 1. The topological polar surface area (TPSA) is 74.5 Å². The van der Waals surface area contributed by atoms with Gasteiger partial charge in [0.1, 0.15) is 11.0 Å². The summed E-state index contributed by atoms with van der Waals surface area (Å²) in [6.45, 7) is 3.86. The quantitative estimate of drug-likeness (QED) is 0.527. The number of nitrogens with zero attached hydrogens (tertiary/aromatic N) is 3. The van der Waals surface area contributed by atoms with Gasteiger partial charge in [0.15, 0.2) is 0 Å². The molecular weight excluding hydrogens is 439 g/mol. The fourth-order valence-electron chi connectivity index (χ4n) is 2.77. The number of halogens is 4. The molecule has 1 fully saturated rings. The summed E-state index contributed by atoms with van der Waals surface area (Å²) in [5.74, 6) is 0.115. The van der Waals surface area contributed by atoms with Crippen LogP contribution in [-0.2, 0) is 11.0 Å². The highest BCUT2D eigenvalue weighted by molar-refractivity contribution is 7.97. The van der Waals surface area contributed by atoms with Crippen LogP contribution in [0.4, 0.5) is 24.7 Å². The third-order valence-corrected chi connectivity index (χ3v) is 5.38. The smallest absolute Gasteiger partial charge is 0.354 e. The van der Waals surface area contributed by atoms with E-state index in [2.05, 4.69) is 20.3 Å². The number of anilines is 2. The number of alkyl halides is 3. The van der Waals surface area contributed by atoms with Gasteiger partial charge in [-0.2, -0.15) is 13.2 Å². The maximum atomic E-state index is 13.0. The third kappa shape index (κ3) is 7.05. The molecule has 2 heterocycles. The molecule has 2 aromatic rings. The second kappa shape index (κ2) is 10.9. The van der Waals surface area contributed by atoms with E-state index >= 15 is 0 Å². The molecule has 3 N–H and O–H groups in total. The summed E-state index contributed by atoms with van der Waals surface area (Å²) in [5.41, 5.74) is 4.44. The molecule has 0 bridgehead atoms. The van der Waals surface area contributed by atoms with E-state index in [0.29, 0.717) is 26.2 Å². The van der Waals surface area contributed by atoms with Crippen LogP contribution in [0, 0.1) is 0 Å². The molecule has 1 amide bonds. The van der Waals surface area contributed by atoms with Crippen LogP contribution >= 0.6 is 23.5 Å². The van der Waals surface area contributed by atoms with E-state index in [4.69, 9.17) is 11.6 Å². The van der Waals surface area contributed by atoms with Crippen LogP contribution in [0.2, 0.25) is 5.15 Å². The predicted molar refractivity (Wildman–Crippen MR) is 115 cm³/mol. The molecule has 0 unspecified atom stereocenters. The van der Waals surface area contributed by atoms with Crippen molar-refractivity contribution in [2.45, 2.75) is 18.0 Å². The maximum Gasteiger partial charge on any atom is 0.416 e. The van der Waals surface area contributed by atoms with Crippen LogP contribution in [0.15, 0.2) is 41.3 Å². The SMILES string of the molecule is CC(=O)Nc1ccc(SN2CCN(c3cc(C(F)(F)F)cc(Cl)n3)CC2)cc1.CN. The fraction of sp³-hybridized carbons (Fsp3) is 0.368. The molecule has 0 saturated carbocycles. The van der Waals surface area contributed by atoms with E-state index in [-0.39, 0.29) is 16.9 Å². The molecule has 1 aromatic carbocycles. The van der Waals surface area contributed by atoms with Crippen molar-refractivity contribution >= 4 is 41.0 Å². The first-order valence-corrected chi connectivity index (χ1v) is 10.2. The van der Waals surface area contributed by atoms with Crippen LogP contribution < -0.4 is 16.0 Å². The van der Waals surface area contributed by atoms with Gasteiger partial charge in [0.2, 0.25) is 5.91 Å². The van der Waals surface area contributed by atoms with Crippen molar-refractivity contribution in [3.8, 4) is 0 Å². The Kier molecular flexibility index (Phi) is 8.78. The molecule has 1 saturated heterocycles. The summed E-state index contributed by atoms with van der Waals surface area (Å²) in [4.78, 5) is 17.9. The van der Waals surface area contributed by atoms with E-state index in [1.54, 1.807) is 16.8 Å². The Morgan fingerprint density at radius 1 is 1.13 bits per heavy atom. The molecule has 0 aliphatic carbocycles. The molecule has 11 heteroatoms. The summed E-state index contributed by atoms with van der Waals surface area (Å²) in [6.07, 6.45) is -4.46. The Morgan fingerprint density at radius 3 is 2.27 bits per heavy atom. The number of rotatable bonds is 4. The predicted octanol–water partition coefficient (Wildman–Crippen LogP) is 4.12. The molecule has 1 aliphatic rings. The number of hydrogen-bond acceptors (Lipinski definition) is 6. The zero-order valence-electron chi connectivity index (χ0n) is 16.5. The van der Waals surface area contributed by atoms with Gasteiger partial charge in [0.25, 0.3) is 0 Å². The Balaban J connectivity index is 0.00000155. The standard InChI is InChI=1S/C18H18ClF3N4OS.CH5N/c1-12(27)23-14-2-4-15(5-3-14)28-26-8-6-25(7-9-26)17-11-13(18(20,21)22)10-16(19)24-17;1-2/h2-5,10-11H,6-9H2,1H3,(H,23,27);2H2,1H3. The molecule has 1 aromatic heterocycles. The third-order valence-electron chi connectivity index (χ3n) is 4.08. The van der Waals surface area contributed by atoms with Crippen LogP contribution in [0.5, 0.6) is 0 Å². The molecule has 164 valence electrons. The van der Waals surface area contributed by atoms with Gasteiger partial charge in [-0.1, -0.05) is 11.6 Å². The van der Waals surface area contributed by atoms with Crippen molar-refractivity contribution < 1.29 is 18.0 Å². The van der Waals surface area contributed by atoms with Crippen molar-refractivity contribution in [2.24, 2.45) is 5.73 Å². The van der Waals surface area contributed by atoms with Crippen molar-refractivity contribution in [3.63, 3.8) is 0 Å². The minimum Gasteiger partial charge on any atom is -0.354 e. The lowest BCUT2D eigenvalue weighted by molar-refractivity contribution is -0.137. The van der Waals surface area contributed by atoms with Gasteiger partial charge < -0.3 is 16.0 Å². The zero-order chi connectivity index (χ0) is 22.3. The Bertz CT molecular complexity index is 843. The maximum absolute atomic E-state index is 13.0. The minimum atomic E-state index is -4.46. The van der Waals surface area contributed by atoms with Crippen molar-refractivity contribution in [1.82, 2.24) is 9.29 Å². The van der Waals surface area contributed by atoms with Crippen LogP contribution in [0.25, 0.3) is 0 Å². The lowest BCUT2D eigenvalue weighted by Gasteiger charge is -2.34. The Labute approximate surface area is 182 Å². The van der Waals surface area contributed by atoms with Crippen LogP contribution in [-0.4, -0.2) is 48.4 Å². The number of pyridine rings is 1. The molecule has 0 atom stereocenters. The normalized spacial score (nSPS) is 14.7. The highest BCUT2D eigenvalue weighted by Gasteiger charge is 2.32. The molecule has 0 spiro atoms. The van der Waals surface area contributed by atoms with Crippen molar-refractivity contribution in [3.05, 3.63) is 47.1 Å². The number of piperazine rings is 1. The lowest BCUT2D eigenvalue weighted by atomic mass is 10.2. The molecule has 0 radical (unpaired) electrons. The zero-order valence-corrected chi connectivity index (χ0v) is 18.1. The van der Waals surface area contributed by atoms with E-state index in [1.807, 2.05) is 24.3 Å². The van der Waals surface area contributed by atoms with Gasteiger partial charge in [0, 0.05) is 43.7 Å². The number of benzene rings is 1. The monoisotopic (exact) mass is 461 g/mol. The summed E-state index contributed by atoms with van der Waals surface area (Å²) < 4.78 is 41.1. The molecular formula is C19H23ClF3N5OS. The molecule has 30 heavy (non-hydrogen) atoms. The first kappa shape index (κ1) is 24.3. The number of carbonyl (C=O) groups is 1. The van der Waals surface area contributed by atoms with E-state index in [1.165, 1.54) is 14.0 Å². The summed E-state index contributed by atoms with van der Waals surface area (Å²) in [5, 5.41) is 2.55. The van der Waals surface area contributed by atoms with Gasteiger partial charge in [-0.05, 0) is 55.4 Å². The number of hydrogen-bond donors (Lipinski definition) is 2. The number of carbonyl (C=O) groups excluding carboxylic acids is 1. The van der Waals surface area contributed by atoms with Crippen LogP contribution in [0.1, 0.15) is 12.5 Å². The van der Waals surface area contributed by atoms with Crippen LogP contribution in [0.3, 0.4) is 0 Å². The highest BCUT2D eigenvalue weighted by atomic mass is 35.5. The van der Waals surface area contributed by atoms with E-state index in [0.717, 1.165) is 22.7 Å². The number of amides is 1. The van der Waals surface area contributed by atoms with E-state index in [9.17, 15) is 18.0 Å². The fourth-order valence-corrected chi connectivity index (χ4v) is 3.87. The average molecular weight is 462 g/mol. The first-order chi connectivity index (χ1) is 14.2. The highest BCUT2D eigenvalue weighted by Crippen LogP contribution is 2.33. The van der Waals surface area contributed by atoms with Crippen molar-refractivity contribution in [1.29, 1.82) is 0 Å². The van der Waals surface area contributed by atoms with E-state index < -0.39 is 11.7 Å². The largest absolute Gasteiger partial charge is 0.416 e. The Hall–Kier alpha value is -2.01. The van der Waals surface area contributed by atoms with Gasteiger partial charge in [-0.3, -0.25) is 4.79 Å². The van der Waals surface area contributed by atoms with Gasteiger partial charge in [0.05, 0.1) is 5.56 Å². The number of nitrogens with one attached hydrogen (secondary N) is 1. The van der Waals surface area contributed by atoms with Gasteiger partial charge in [-0.25, -0.2) is 9.29 Å². The average Bonchev–Trinajstić information content (AvgIpc) is 2.70. The Morgan fingerprint density at radius 2 is 1.73 bits per heavy atom. The summed E-state index contributed by atoms with van der Waals surface area (Å²) in [7, 11) is 1.50. The second-order valence-corrected chi connectivity index (χ2v) is 7.81. The second-order valence-electron chi connectivity index (χ2n) is 6.25. The molecule has 6 nitrogen and oxygen atoms in total. The molecule has 1 aliphatic heterocycles. The lowest BCUT2D eigenvalue weighted by Crippen LogP contribution is -2.43. The number of aromatic nitrogens is 1. The summed E-state index contributed by atoms with van der Waals surface area (Å²) >= 11 is 7.34. The van der Waals surface area contributed by atoms with Gasteiger partial charge in [-0.15, -0.1) is 0 Å². The summed E-state index contributed by atoms with van der Waals surface area (Å²) in [6, 6.07) is 9.35. The molecule has 3 rings (SSSR count). The van der Waals surface area contributed by atoms with Gasteiger partial charge >= 0.3 is 6.18 Å². The minimum absolute atomic E-state index is 0.125. The van der Waals surface area contributed by atoms with Crippen molar-refractivity contribution in [2.75, 3.05) is 43.4 Å². The first-order valence-electron chi connectivity index (χ1n) is 9.09.